The Kier molecular flexibility index (Phi) is 5.93. The molecule has 1 atom stereocenters. The van der Waals surface area contributed by atoms with Gasteiger partial charge in [0.25, 0.3) is 0 Å². The smallest absolute Gasteiger partial charge is 0.137 e. The number of likely N-dealkylation sites (N-methyl/N-ethyl adjacent to an activating group) is 2. The van der Waals surface area contributed by atoms with Gasteiger partial charge in [0.2, 0.25) is 0 Å². The van der Waals surface area contributed by atoms with Crippen LogP contribution in [0, 0.1) is 0 Å². The third kappa shape index (κ3) is 3.72. The molecule has 1 saturated carbocycles. The van der Waals surface area contributed by atoms with Crippen LogP contribution in [0.3, 0.4) is 0 Å². The lowest BCUT2D eigenvalue weighted by Gasteiger charge is -2.32. The van der Waals surface area contributed by atoms with E-state index in [-0.39, 0.29) is 11.5 Å². The van der Waals surface area contributed by atoms with Crippen LogP contribution in [-0.4, -0.2) is 35.1 Å². The van der Waals surface area contributed by atoms with E-state index in [2.05, 4.69) is 83.6 Å². The summed E-state index contributed by atoms with van der Waals surface area (Å²) >= 11 is 0. The molecule has 5 nitrogen and oxygen atoms in total. The van der Waals surface area contributed by atoms with E-state index in [0.29, 0.717) is 0 Å². The van der Waals surface area contributed by atoms with Gasteiger partial charge in [-0.05, 0) is 59.9 Å². The van der Waals surface area contributed by atoms with E-state index in [4.69, 9.17) is 4.98 Å². The molecule has 4 aromatic rings. The lowest BCUT2D eigenvalue weighted by atomic mass is 9.85. The molecule has 3 heterocycles. The number of H-pyrrole nitrogens is 1. The van der Waals surface area contributed by atoms with Gasteiger partial charge in [0.15, 0.2) is 0 Å². The molecule has 1 aliphatic rings. The van der Waals surface area contributed by atoms with E-state index in [1.54, 1.807) is 0 Å². The predicted molar refractivity (Wildman–Crippen MR) is 148 cm³/mol. The van der Waals surface area contributed by atoms with Crippen molar-refractivity contribution in [3.05, 3.63) is 97.1 Å². The predicted octanol–water partition coefficient (Wildman–Crippen LogP) is 6.34. The SMILES string of the molecule is C=CCCC(C(=C)NC)N(C)c1ncc(C2(c3c[nH]c4ncccc34)CC2)c2cccc(C=C)c12. The summed E-state index contributed by atoms with van der Waals surface area (Å²) < 4.78 is 0. The number of hydrogen-bond donors (Lipinski definition) is 2. The van der Waals surface area contributed by atoms with Gasteiger partial charge in [0.1, 0.15) is 11.5 Å². The molecular formula is C30H33N5. The van der Waals surface area contributed by atoms with Crippen LogP contribution in [0.4, 0.5) is 5.82 Å². The van der Waals surface area contributed by atoms with Crippen LogP contribution in [0.25, 0.3) is 27.9 Å². The van der Waals surface area contributed by atoms with E-state index >= 15 is 0 Å². The van der Waals surface area contributed by atoms with Crippen LogP contribution in [0.15, 0.2) is 80.4 Å². The van der Waals surface area contributed by atoms with Crippen LogP contribution in [0.2, 0.25) is 0 Å². The number of aromatic amines is 1. The minimum Gasteiger partial charge on any atom is -0.390 e. The van der Waals surface area contributed by atoms with Crippen molar-refractivity contribution in [1.29, 1.82) is 0 Å². The second-order valence-electron chi connectivity index (χ2n) is 9.42. The molecular weight excluding hydrogens is 430 g/mol. The summed E-state index contributed by atoms with van der Waals surface area (Å²) in [6.45, 7) is 12.3. The third-order valence-electron chi connectivity index (χ3n) is 7.55. The number of aromatic nitrogens is 3. The molecule has 2 N–H and O–H groups in total. The molecule has 3 aromatic heterocycles. The van der Waals surface area contributed by atoms with Gasteiger partial charge in [0, 0.05) is 54.6 Å². The average Bonchev–Trinajstić information content (AvgIpc) is 3.58. The second-order valence-corrected chi connectivity index (χ2v) is 9.42. The number of pyridine rings is 2. The third-order valence-corrected chi connectivity index (χ3v) is 7.55. The molecule has 1 unspecified atom stereocenters. The Balaban J connectivity index is 1.69. The zero-order valence-electron chi connectivity index (χ0n) is 20.6. The van der Waals surface area contributed by atoms with Gasteiger partial charge in [-0.15, -0.1) is 6.58 Å². The number of hydrogen-bond acceptors (Lipinski definition) is 4. The largest absolute Gasteiger partial charge is 0.390 e. The van der Waals surface area contributed by atoms with E-state index in [1.165, 1.54) is 21.9 Å². The summed E-state index contributed by atoms with van der Waals surface area (Å²) in [6.07, 6.45) is 14.0. The summed E-state index contributed by atoms with van der Waals surface area (Å²) in [6, 6.07) is 10.7. The van der Waals surface area contributed by atoms with Crippen molar-refractivity contribution in [3.63, 3.8) is 0 Å². The number of anilines is 1. The number of rotatable bonds is 10. The van der Waals surface area contributed by atoms with E-state index in [0.717, 1.165) is 53.8 Å². The molecule has 1 aromatic carbocycles. The van der Waals surface area contributed by atoms with Crippen LogP contribution in [-0.2, 0) is 5.41 Å². The first-order valence-corrected chi connectivity index (χ1v) is 12.2. The lowest BCUT2D eigenvalue weighted by molar-refractivity contribution is 0.622. The number of nitrogens with one attached hydrogen (secondary N) is 2. The number of benzene rings is 1. The first-order valence-electron chi connectivity index (χ1n) is 12.2. The quantitative estimate of drug-likeness (QED) is 0.270. The zero-order valence-corrected chi connectivity index (χ0v) is 20.6. The fourth-order valence-corrected chi connectivity index (χ4v) is 5.48. The summed E-state index contributed by atoms with van der Waals surface area (Å²) in [7, 11) is 4.03. The Hall–Kier alpha value is -3.86. The highest BCUT2D eigenvalue weighted by molar-refractivity contribution is 6.02. The normalized spacial score (nSPS) is 15.0. The Morgan fingerprint density at radius 1 is 1.17 bits per heavy atom. The van der Waals surface area contributed by atoms with E-state index in [1.807, 2.05) is 31.5 Å². The molecule has 0 spiro atoms. The summed E-state index contributed by atoms with van der Waals surface area (Å²) in [5, 5.41) is 6.81. The maximum Gasteiger partial charge on any atom is 0.137 e. The van der Waals surface area contributed by atoms with Gasteiger partial charge in [-0.3, -0.25) is 0 Å². The van der Waals surface area contributed by atoms with Crippen molar-refractivity contribution in [2.45, 2.75) is 37.1 Å². The highest BCUT2D eigenvalue weighted by Crippen LogP contribution is 2.57. The minimum atomic E-state index is -0.0553. The van der Waals surface area contributed by atoms with Gasteiger partial charge in [-0.25, -0.2) is 9.97 Å². The second kappa shape index (κ2) is 9.06. The van der Waals surface area contributed by atoms with E-state index < -0.39 is 0 Å². The molecule has 0 saturated heterocycles. The molecule has 0 amide bonds. The molecule has 0 bridgehead atoms. The van der Waals surface area contributed by atoms with Gasteiger partial charge < -0.3 is 15.2 Å². The summed E-state index contributed by atoms with van der Waals surface area (Å²) in [5.41, 5.74) is 5.52. The standard InChI is InChI=1S/C30H33N5/c1-6-8-14-26(20(3)31-4)35(5)29-27-21(7-2)11-9-12-22(27)24(19-34-29)30(15-16-30)25-18-33-28-23(25)13-10-17-32-28/h6-7,9-13,17-19,26,31H,1-3,8,14-16H2,4-5H3,(H,32,33). The summed E-state index contributed by atoms with van der Waals surface area (Å²) in [4.78, 5) is 15.3. The van der Waals surface area contributed by atoms with Crippen LogP contribution in [0.1, 0.15) is 42.4 Å². The van der Waals surface area contributed by atoms with Gasteiger partial charge in [0.05, 0.1) is 6.04 Å². The monoisotopic (exact) mass is 463 g/mol. The minimum absolute atomic E-state index is 0.0553. The number of nitrogens with zero attached hydrogens (tertiary/aromatic N) is 3. The fourth-order valence-electron chi connectivity index (χ4n) is 5.48. The van der Waals surface area contributed by atoms with Crippen LogP contribution < -0.4 is 10.2 Å². The number of fused-ring (bicyclic) bond motifs is 2. The Bertz CT molecular complexity index is 1430. The van der Waals surface area contributed by atoms with Crippen molar-refractivity contribution in [1.82, 2.24) is 20.3 Å². The van der Waals surface area contributed by atoms with Gasteiger partial charge in [-0.1, -0.05) is 43.5 Å². The molecule has 178 valence electrons. The molecule has 0 aliphatic heterocycles. The fraction of sp³-hybridized carbons (Fsp3) is 0.267. The Labute approximate surface area is 207 Å². The highest BCUT2D eigenvalue weighted by atomic mass is 15.2. The first kappa shape index (κ1) is 22.9. The molecule has 5 rings (SSSR count). The summed E-state index contributed by atoms with van der Waals surface area (Å²) in [5.74, 6) is 0.945. The van der Waals surface area contributed by atoms with Crippen LogP contribution in [0.5, 0.6) is 0 Å². The molecule has 5 heteroatoms. The van der Waals surface area contributed by atoms with Crippen molar-refractivity contribution in [3.8, 4) is 0 Å². The van der Waals surface area contributed by atoms with Crippen molar-refractivity contribution in [2.24, 2.45) is 0 Å². The Morgan fingerprint density at radius 2 is 1.97 bits per heavy atom. The molecule has 1 fully saturated rings. The van der Waals surface area contributed by atoms with Crippen molar-refractivity contribution in [2.75, 3.05) is 19.0 Å². The van der Waals surface area contributed by atoms with Crippen LogP contribution >= 0.6 is 0 Å². The average molecular weight is 464 g/mol. The zero-order chi connectivity index (χ0) is 24.6. The highest BCUT2D eigenvalue weighted by Gasteiger charge is 2.48. The van der Waals surface area contributed by atoms with Gasteiger partial charge in [-0.2, -0.15) is 0 Å². The lowest BCUT2D eigenvalue weighted by Crippen LogP contribution is -2.37. The number of allylic oxidation sites excluding steroid dienone is 1. The molecule has 0 radical (unpaired) electrons. The maximum absolute atomic E-state index is 5.11. The van der Waals surface area contributed by atoms with Crippen molar-refractivity contribution >= 4 is 33.7 Å². The molecule has 1 aliphatic carbocycles. The topological polar surface area (TPSA) is 56.8 Å². The van der Waals surface area contributed by atoms with Gasteiger partial charge >= 0.3 is 0 Å². The maximum atomic E-state index is 5.11. The van der Waals surface area contributed by atoms with E-state index in [9.17, 15) is 0 Å². The Morgan fingerprint density at radius 3 is 2.69 bits per heavy atom. The molecule has 35 heavy (non-hydrogen) atoms. The first-order chi connectivity index (χ1) is 17.1. The van der Waals surface area contributed by atoms with Crippen molar-refractivity contribution < 1.29 is 0 Å².